The molecule has 0 atom stereocenters. The van der Waals surface area contributed by atoms with Crippen LogP contribution in [0.25, 0.3) is 39.5 Å². The number of aromatic amines is 1. The van der Waals surface area contributed by atoms with Crippen molar-refractivity contribution in [2.24, 2.45) is 9.98 Å². The van der Waals surface area contributed by atoms with Gasteiger partial charge in [-0.05, 0) is 36.6 Å². The maximum atomic E-state index is 5.26. The molecule has 49 heavy (non-hydrogen) atoms. The summed E-state index contributed by atoms with van der Waals surface area (Å²) in [5, 5.41) is 5.98. The third kappa shape index (κ3) is 7.00. The van der Waals surface area contributed by atoms with Gasteiger partial charge in [-0.3, -0.25) is 4.99 Å². The van der Waals surface area contributed by atoms with Crippen LogP contribution in [0.5, 0.6) is 0 Å². The lowest BCUT2D eigenvalue weighted by Gasteiger charge is -2.09. The van der Waals surface area contributed by atoms with E-state index in [2.05, 4.69) is 127 Å². The zero-order valence-electron chi connectivity index (χ0n) is 31.0. The topological polar surface area (TPSA) is 52.5 Å². The summed E-state index contributed by atoms with van der Waals surface area (Å²) in [5.41, 5.74) is 15.9. The summed E-state index contributed by atoms with van der Waals surface area (Å²) < 4.78 is 0. The number of aliphatic imine (C=N–C) groups is 2. The summed E-state index contributed by atoms with van der Waals surface area (Å²) >= 11 is 0. The Hall–Kier alpha value is -5.22. The maximum absolute atomic E-state index is 5.26. The minimum atomic E-state index is 0.848. The van der Waals surface area contributed by atoms with Gasteiger partial charge in [0.15, 0.2) is 0 Å². The highest BCUT2D eigenvalue weighted by Crippen LogP contribution is 2.39. The zero-order valence-corrected chi connectivity index (χ0v) is 31.0. The fraction of sp³-hybridized carbons (Fsp3) is 0.244. The molecule has 0 fully saturated rings. The van der Waals surface area contributed by atoms with Crippen LogP contribution in [0.1, 0.15) is 114 Å². The van der Waals surface area contributed by atoms with Crippen LogP contribution in [0.3, 0.4) is 0 Å². The van der Waals surface area contributed by atoms with Gasteiger partial charge in [0, 0.05) is 62.7 Å². The summed E-state index contributed by atoms with van der Waals surface area (Å²) in [6.45, 7) is 21.2. The number of benzene rings is 4. The molecule has 0 radical (unpaired) electrons. The Morgan fingerprint density at radius 1 is 0.612 bits per heavy atom. The van der Waals surface area contributed by atoms with Crippen molar-refractivity contribution in [2.45, 2.75) is 75.8 Å². The van der Waals surface area contributed by atoms with Gasteiger partial charge < -0.3 is 10.3 Å². The molecule has 5 aromatic rings. The fourth-order valence-corrected chi connectivity index (χ4v) is 6.40. The second-order valence-electron chi connectivity index (χ2n) is 10.8. The second-order valence-corrected chi connectivity index (χ2v) is 10.8. The highest BCUT2D eigenvalue weighted by atomic mass is 14.9. The van der Waals surface area contributed by atoms with Gasteiger partial charge in [0.2, 0.25) is 0 Å². The molecule has 0 saturated heterocycles. The third-order valence-electron chi connectivity index (χ3n) is 8.47. The Morgan fingerprint density at radius 2 is 1.18 bits per heavy atom. The van der Waals surface area contributed by atoms with Crippen LogP contribution in [0.2, 0.25) is 0 Å². The van der Waals surface area contributed by atoms with Gasteiger partial charge in [-0.2, -0.15) is 0 Å². The van der Waals surface area contributed by atoms with E-state index in [1.54, 1.807) is 0 Å². The van der Waals surface area contributed by atoms with E-state index in [1.807, 2.05) is 61.6 Å². The van der Waals surface area contributed by atoms with Gasteiger partial charge in [-0.15, -0.1) is 0 Å². The molecule has 3 aliphatic rings. The number of aromatic nitrogens is 1. The van der Waals surface area contributed by atoms with Crippen LogP contribution in [-0.2, 0) is 6.54 Å². The Labute approximate surface area is 294 Å². The lowest BCUT2D eigenvalue weighted by Crippen LogP contribution is -2.09. The van der Waals surface area contributed by atoms with Crippen LogP contribution in [0, 0.1) is 0 Å². The predicted molar refractivity (Wildman–Crippen MR) is 217 cm³/mol. The van der Waals surface area contributed by atoms with Gasteiger partial charge in [-0.25, -0.2) is 4.99 Å². The van der Waals surface area contributed by atoms with Crippen LogP contribution in [0.15, 0.2) is 113 Å². The van der Waals surface area contributed by atoms with E-state index in [0.29, 0.717) is 0 Å². The monoisotopic (exact) mass is 648 g/mol. The van der Waals surface area contributed by atoms with E-state index in [9.17, 15) is 0 Å². The van der Waals surface area contributed by atoms with Gasteiger partial charge in [0.1, 0.15) is 0 Å². The predicted octanol–water partition coefficient (Wildman–Crippen LogP) is 12.4. The molecule has 252 valence electrons. The fourth-order valence-electron chi connectivity index (χ4n) is 6.40. The van der Waals surface area contributed by atoms with Gasteiger partial charge in [0.05, 0.1) is 22.8 Å². The Kier molecular flexibility index (Phi) is 12.9. The molecule has 0 aliphatic carbocycles. The molecule has 0 saturated carbocycles. The first-order chi connectivity index (χ1) is 24.2. The van der Waals surface area contributed by atoms with Crippen molar-refractivity contribution in [2.75, 3.05) is 0 Å². The van der Waals surface area contributed by atoms with E-state index in [4.69, 9.17) is 9.98 Å². The SMILES string of the molecule is CC.CC.CC.CC.CC(/C1=N\C(=C/c2[nH]c(/C(C)=C3\N=Cc4ccccc43)c3ccccc23)c2ccccc21)=C1/NCc2ccccc21. The van der Waals surface area contributed by atoms with E-state index in [0.717, 1.165) is 51.7 Å². The lowest BCUT2D eigenvalue weighted by molar-refractivity contribution is 0.940. The molecule has 2 N–H and O–H groups in total. The number of H-pyrrole nitrogens is 1. The van der Waals surface area contributed by atoms with Crippen molar-refractivity contribution in [1.29, 1.82) is 0 Å². The van der Waals surface area contributed by atoms with Crippen LogP contribution < -0.4 is 5.32 Å². The van der Waals surface area contributed by atoms with Crippen molar-refractivity contribution >= 4 is 51.4 Å². The summed E-state index contributed by atoms with van der Waals surface area (Å²) in [7, 11) is 0. The molecule has 0 unspecified atom stereocenters. The molecule has 0 spiro atoms. The highest BCUT2D eigenvalue weighted by Gasteiger charge is 2.26. The number of hydrogen-bond donors (Lipinski definition) is 2. The Bertz CT molecular complexity index is 2060. The molecule has 0 bridgehead atoms. The average molecular weight is 649 g/mol. The molecular formula is C45H52N4. The molecule has 0 amide bonds. The van der Waals surface area contributed by atoms with Crippen molar-refractivity contribution in [1.82, 2.24) is 10.3 Å². The lowest BCUT2D eigenvalue weighted by atomic mass is 9.96. The smallest absolute Gasteiger partial charge is 0.0766 e. The van der Waals surface area contributed by atoms with Gasteiger partial charge in [-0.1, -0.05) is 152 Å². The number of nitrogens with zero attached hydrogens (tertiary/aromatic N) is 2. The normalized spacial score (nSPS) is 15.8. The first kappa shape index (κ1) is 36.6. The largest absolute Gasteiger partial charge is 0.380 e. The molecule has 3 aliphatic heterocycles. The molecule has 1 aromatic heterocycles. The average Bonchev–Trinajstić information content (AvgIpc) is 3.98. The first-order valence-electron chi connectivity index (χ1n) is 18.1. The third-order valence-corrected chi connectivity index (χ3v) is 8.47. The van der Waals surface area contributed by atoms with Crippen LogP contribution in [-0.4, -0.2) is 16.9 Å². The molecule has 4 heteroatoms. The molecule has 4 heterocycles. The minimum absolute atomic E-state index is 0.848. The summed E-state index contributed by atoms with van der Waals surface area (Å²) in [6, 6.07) is 34.1. The maximum Gasteiger partial charge on any atom is 0.0766 e. The zero-order chi connectivity index (χ0) is 35.5. The summed E-state index contributed by atoms with van der Waals surface area (Å²) in [5.74, 6) is 0. The Morgan fingerprint density at radius 3 is 1.90 bits per heavy atom. The summed E-state index contributed by atoms with van der Waals surface area (Å²) in [4.78, 5) is 13.8. The quantitative estimate of drug-likeness (QED) is 0.201. The van der Waals surface area contributed by atoms with E-state index in [-0.39, 0.29) is 0 Å². The first-order valence-corrected chi connectivity index (χ1v) is 18.1. The highest BCUT2D eigenvalue weighted by molar-refractivity contribution is 6.24. The van der Waals surface area contributed by atoms with Crippen LogP contribution >= 0.6 is 0 Å². The van der Waals surface area contributed by atoms with E-state index < -0.39 is 0 Å². The molecule has 8 rings (SSSR count). The van der Waals surface area contributed by atoms with Crippen molar-refractivity contribution < 1.29 is 0 Å². The Balaban J connectivity index is 0.000000633. The number of fused-ring (bicyclic) bond motifs is 4. The van der Waals surface area contributed by atoms with Gasteiger partial charge in [0.25, 0.3) is 0 Å². The number of nitrogens with one attached hydrogen (secondary N) is 2. The molecular weight excluding hydrogens is 597 g/mol. The molecule has 4 aromatic carbocycles. The number of rotatable bonds is 3. The number of allylic oxidation sites excluding steroid dienone is 2. The van der Waals surface area contributed by atoms with E-state index >= 15 is 0 Å². The second kappa shape index (κ2) is 17.3. The van der Waals surface area contributed by atoms with Crippen molar-refractivity contribution in [3.05, 3.63) is 147 Å². The van der Waals surface area contributed by atoms with Gasteiger partial charge >= 0.3 is 0 Å². The molecule has 4 nitrogen and oxygen atoms in total. The minimum Gasteiger partial charge on any atom is -0.380 e. The number of hydrogen-bond acceptors (Lipinski definition) is 3. The van der Waals surface area contributed by atoms with E-state index in [1.165, 1.54) is 44.3 Å². The standard InChI is InChI=1S/C37H28N4.4C2H6/c1-22(34-26-13-5-3-11-24(26)20-38-34)36-30-17-9-7-15-28(30)32(40-36)19-33-29-16-8-10-18-31(29)37(41-33)23(2)35-27-14-6-4-12-25(27)21-39-35;4*1-2/h3-20,39-40H,21H2,1-2H3;4*1-2H3/b33-19-,34-22-,35-23-;;;;. The van der Waals surface area contributed by atoms with Crippen LogP contribution in [0.4, 0.5) is 0 Å². The van der Waals surface area contributed by atoms with Crippen molar-refractivity contribution in [3.63, 3.8) is 0 Å². The van der Waals surface area contributed by atoms with Crippen molar-refractivity contribution in [3.8, 4) is 0 Å². The summed E-state index contributed by atoms with van der Waals surface area (Å²) in [6.07, 6.45) is 4.16.